The Kier molecular flexibility index (Phi) is 2.81. The van der Waals surface area contributed by atoms with Gasteiger partial charge < -0.3 is 0 Å². The summed E-state index contributed by atoms with van der Waals surface area (Å²) < 4.78 is 62.2. The van der Waals surface area contributed by atoms with Crippen molar-refractivity contribution < 1.29 is 21.6 Å². The van der Waals surface area contributed by atoms with Gasteiger partial charge in [-0.1, -0.05) is 12.1 Å². The fraction of sp³-hybridized carbons (Fsp3) is 0.400. The molecule has 17 heavy (non-hydrogen) atoms. The van der Waals surface area contributed by atoms with Crippen LogP contribution in [-0.4, -0.2) is 20.7 Å². The Balaban J connectivity index is 2.53. The molecule has 1 saturated heterocycles. The molecule has 0 N–H and O–H groups in total. The zero-order chi connectivity index (χ0) is 12.7. The lowest BCUT2D eigenvalue weighted by molar-refractivity contribution is -0.137. The molecule has 1 heterocycles. The Morgan fingerprint density at radius 1 is 1.18 bits per heavy atom. The van der Waals surface area contributed by atoms with Crippen LogP contribution in [0.25, 0.3) is 0 Å². The topological polar surface area (TPSA) is 37.4 Å². The monoisotopic (exact) mass is 265 g/mol. The summed E-state index contributed by atoms with van der Waals surface area (Å²) in [5, 5.41) is 0. The van der Waals surface area contributed by atoms with Crippen molar-refractivity contribution in [1.29, 1.82) is 0 Å². The molecule has 0 amide bonds. The lowest BCUT2D eigenvalue weighted by atomic mass is 10.1. The summed E-state index contributed by atoms with van der Waals surface area (Å²) in [6.45, 7) is 0.107. The number of nitrogens with zero attached hydrogens (tertiary/aromatic N) is 1. The van der Waals surface area contributed by atoms with Crippen molar-refractivity contribution >= 4 is 15.7 Å². The average Bonchev–Trinajstić information content (AvgIpc) is 2.57. The van der Waals surface area contributed by atoms with Gasteiger partial charge in [0.05, 0.1) is 17.0 Å². The third-order valence-corrected chi connectivity index (χ3v) is 4.43. The van der Waals surface area contributed by atoms with E-state index < -0.39 is 21.8 Å². The number of hydrogen-bond acceptors (Lipinski definition) is 2. The number of benzene rings is 1. The van der Waals surface area contributed by atoms with Crippen molar-refractivity contribution in [3.05, 3.63) is 29.8 Å². The molecule has 3 nitrogen and oxygen atoms in total. The highest BCUT2D eigenvalue weighted by Crippen LogP contribution is 2.38. The SMILES string of the molecule is O=S1(=O)CCCN1c1ccccc1C(F)(F)F. The van der Waals surface area contributed by atoms with Crippen LogP contribution in [0, 0.1) is 0 Å². The van der Waals surface area contributed by atoms with Crippen molar-refractivity contribution in [3.8, 4) is 0 Å². The number of sulfonamides is 1. The van der Waals surface area contributed by atoms with Crippen molar-refractivity contribution in [2.75, 3.05) is 16.6 Å². The van der Waals surface area contributed by atoms with Gasteiger partial charge in [0.2, 0.25) is 10.0 Å². The molecule has 0 radical (unpaired) electrons. The Bertz CT molecular complexity index is 525. The predicted octanol–water partition coefficient (Wildman–Crippen LogP) is 2.25. The van der Waals surface area contributed by atoms with Gasteiger partial charge in [0, 0.05) is 6.54 Å². The first-order chi connectivity index (χ1) is 7.82. The van der Waals surface area contributed by atoms with Gasteiger partial charge in [0.1, 0.15) is 0 Å². The van der Waals surface area contributed by atoms with E-state index >= 15 is 0 Å². The molecule has 0 aliphatic carbocycles. The van der Waals surface area contributed by atoms with E-state index in [9.17, 15) is 21.6 Å². The molecule has 1 aliphatic heterocycles. The summed E-state index contributed by atoms with van der Waals surface area (Å²) >= 11 is 0. The standard InChI is InChI=1S/C10H10F3NO2S/c11-10(12,13)8-4-1-2-5-9(8)14-6-3-7-17(14,15)16/h1-2,4-5H,3,6-7H2. The molecule has 0 unspecified atom stereocenters. The molecule has 2 rings (SSSR count). The molecule has 1 aliphatic rings. The summed E-state index contributed by atoms with van der Waals surface area (Å²) in [5.74, 6) is -0.0980. The van der Waals surface area contributed by atoms with Gasteiger partial charge in [-0.05, 0) is 18.6 Å². The van der Waals surface area contributed by atoms with Crippen LogP contribution in [-0.2, 0) is 16.2 Å². The Morgan fingerprint density at radius 3 is 2.35 bits per heavy atom. The molecule has 0 aromatic heterocycles. The van der Waals surface area contributed by atoms with Crippen molar-refractivity contribution in [1.82, 2.24) is 0 Å². The van der Waals surface area contributed by atoms with E-state index in [2.05, 4.69) is 0 Å². The zero-order valence-electron chi connectivity index (χ0n) is 8.74. The van der Waals surface area contributed by atoms with Gasteiger partial charge in [-0.15, -0.1) is 0 Å². The van der Waals surface area contributed by atoms with Crippen molar-refractivity contribution in [2.45, 2.75) is 12.6 Å². The molecule has 0 spiro atoms. The number of rotatable bonds is 1. The predicted molar refractivity (Wildman–Crippen MR) is 57.2 cm³/mol. The number of hydrogen-bond donors (Lipinski definition) is 0. The summed E-state index contributed by atoms with van der Waals surface area (Å²) in [4.78, 5) is 0. The zero-order valence-corrected chi connectivity index (χ0v) is 9.55. The van der Waals surface area contributed by atoms with Gasteiger partial charge in [0.25, 0.3) is 0 Å². The Morgan fingerprint density at radius 2 is 1.82 bits per heavy atom. The quantitative estimate of drug-likeness (QED) is 0.781. The number of para-hydroxylation sites is 1. The molecule has 0 bridgehead atoms. The lowest BCUT2D eigenvalue weighted by Gasteiger charge is -2.21. The van der Waals surface area contributed by atoms with Gasteiger partial charge in [-0.2, -0.15) is 13.2 Å². The van der Waals surface area contributed by atoms with E-state index in [1.807, 2.05) is 0 Å². The second-order valence-electron chi connectivity index (χ2n) is 3.76. The van der Waals surface area contributed by atoms with Gasteiger partial charge >= 0.3 is 6.18 Å². The van der Waals surface area contributed by atoms with Crippen LogP contribution < -0.4 is 4.31 Å². The minimum Gasteiger partial charge on any atom is -0.270 e. The first-order valence-electron chi connectivity index (χ1n) is 4.99. The van der Waals surface area contributed by atoms with E-state index in [1.54, 1.807) is 0 Å². The van der Waals surface area contributed by atoms with Crippen molar-refractivity contribution in [2.24, 2.45) is 0 Å². The molecule has 1 aromatic rings. The second kappa shape index (κ2) is 3.90. The minimum absolute atomic E-state index is 0.0980. The van der Waals surface area contributed by atoms with Crippen LogP contribution in [0.15, 0.2) is 24.3 Å². The molecule has 0 atom stereocenters. The van der Waals surface area contributed by atoms with Crippen LogP contribution in [0.2, 0.25) is 0 Å². The maximum atomic E-state index is 12.7. The van der Waals surface area contributed by atoms with Crippen LogP contribution in [0.4, 0.5) is 18.9 Å². The van der Waals surface area contributed by atoms with E-state index in [-0.39, 0.29) is 18.0 Å². The summed E-state index contributed by atoms with van der Waals surface area (Å²) in [7, 11) is -3.59. The summed E-state index contributed by atoms with van der Waals surface area (Å²) in [5.41, 5.74) is -1.19. The highest BCUT2D eigenvalue weighted by Gasteiger charge is 2.38. The fourth-order valence-electron chi connectivity index (χ4n) is 1.84. The molecular weight excluding hydrogens is 255 g/mol. The number of alkyl halides is 3. The Hall–Kier alpha value is -1.24. The third kappa shape index (κ3) is 2.24. The molecule has 0 saturated carbocycles. The molecule has 1 fully saturated rings. The first-order valence-corrected chi connectivity index (χ1v) is 6.60. The van der Waals surface area contributed by atoms with E-state index in [0.29, 0.717) is 6.42 Å². The molecular formula is C10H10F3NO2S. The van der Waals surface area contributed by atoms with E-state index in [1.165, 1.54) is 18.2 Å². The third-order valence-electron chi connectivity index (χ3n) is 2.58. The van der Waals surface area contributed by atoms with Gasteiger partial charge in [-0.25, -0.2) is 8.42 Å². The van der Waals surface area contributed by atoms with Crippen molar-refractivity contribution in [3.63, 3.8) is 0 Å². The highest BCUT2D eigenvalue weighted by molar-refractivity contribution is 7.93. The highest BCUT2D eigenvalue weighted by atomic mass is 32.2. The van der Waals surface area contributed by atoms with Crippen LogP contribution in [0.5, 0.6) is 0 Å². The van der Waals surface area contributed by atoms with E-state index in [0.717, 1.165) is 10.4 Å². The fourth-order valence-corrected chi connectivity index (χ4v) is 3.42. The number of anilines is 1. The first kappa shape index (κ1) is 12.2. The molecule has 1 aromatic carbocycles. The largest absolute Gasteiger partial charge is 0.418 e. The second-order valence-corrected chi connectivity index (χ2v) is 5.77. The van der Waals surface area contributed by atoms with Gasteiger partial charge in [-0.3, -0.25) is 4.31 Å². The summed E-state index contributed by atoms with van der Waals surface area (Å²) in [6, 6.07) is 4.72. The Labute approximate surface area is 96.9 Å². The molecule has 7 heteroatoms. The van der Waals surface area contributed by atoms with Crippen LogP contribution in [0.1, 0.15) is 12.0 Å². The van der Waals surface area contributed by atoms with Crippen LogP contribution in [0.3, 0.4) is 0 Å². The summed E-state index contributed by atoms with van der Waals surface area (Å²) in [6.07, 6.45) is -4.19. The molecule has 94 valence electrons. The smallest absolute Gasteiger partial charge is 0.270 e. The lowest BCUT2D eigenvalue weighted by Crippen LogP contribution is -2.27. The van der Waals surface area contributed by atoms with E-state index in [4.69, 9.17) is 0 Å². The maximum Gasteiger partial charge on any atom is 0.418 e. The maximum absolute atomic E-state index is 12.7. The van der Waals surface area contributed by atoms with Gasteiger partial charge in [0.15, 0.2) is 0 Å². The minimum atomic E-state index is -4.55. The normalized spacial score (nSPS) is 19.6. The average molecular weight is 265 g/mol. The van der Waals surface area contributed by atoms with Crippen LogP contribution >= 0.6 is 0 Å². The number of halogens is 3.